The largest absolute Gasteiger partial charge is 0.465 e. The first kappa shape index (κ1) is 13.7. The summed E-state index contributed by atoms with van der Waals surface area (Å²) in [4.78, 5) is 13.1. The van der Waals surface area contributed by atoms with Crippen LogP contribution in [-0.2, 0) is 6.42 Å². The lowest BCUT2D eigenvalue weighted by atomic mass is 9.80. The molecule has 0 spiro atoms. The van der Waals surface area contributed by atoms with Gasteiger partial charge in [0.15, 0.2) is 0 Å². The van der Waals surface area contributed by atoms with Gasteiger partial charge in [-0.15, -0.1) is 0 Å². The van der Waals surface area contributed by atoms with Gasteiger partial charge < -0.3 is 15.7 Å². The first-order chi connectivity index (χ1) is 8.80. The number of nitrogen functional groups attached to an aromatic ring is 1. The average Bonchev–Trinajstić information content (AvgIpc) is 2.46. The Labute approximate surface area is 114 Å². The summed E-state index contributed by atoms with van der Waals surface area (Å²) in [5, 5.41) is 9.48. The number of amides is 1. The maximum absolute atomic E-state index is 11.5. The molecule has 1 atom stereocenters. The van der Waals surface area contributed by atoms with Crippen molar-refractivity contribution in [3.8, 4) is 0 Å². The summed E-state index contributed by atoms with van der Waals surface area (Å²) >= 11 is 0. The highest BCUT2D eigenvalue weighted by molar-refractivity contribution is 5.66. The molecule has 4 heteroatoms. The van der Waals surface area contributed by atoms with E-state index in [-0.39, 0.29) is 11.5 Å². The SMILES string of the molecule is CC(C)(C)C1c2ccc(N)cc2CCCN1C(=O)O. The highest BCUT2D eigenvalue weighted by Crippen LogP contribution is 2.41. The molecule has 4 nitrogen and oxygen atoms in total. The predicted octanol–water partition coefficient (Wildman–Crippen LogP) is 3.28. The summed E-state index contributed by atoms with van der Waals surface area (Å²) in [6, 6.07) is 5.72. The Hall–Kier alpha value is -1.71. The molecule has 1 unspecified atom stereocenters. The number of anilines is 1. The van der Waals surface area contributed by atoms with Crippen molar-refractivity contribution in [2.75, 3.05) is 12.3 Å². The van der Waals surface area contributed by atoms with Crippen LogP contribution in [0.2, 0.25) is 0 Å². The molecule has 0 bridgehead atoms. The summed E-state index contributed by atoms with van der Waals surface area (Å²) in [7, 11) is 0. The maximum Gasteiger partial charge on any atom is 0.407 e. The van der Waals surface area contributed by atoms with Gasteiger partial charge in [-0.25, -0.2) is 4.79 Å². The van der Waals surface area contributed by atoms with E-state index >= 15 is 0 Å². The molecule has 19 heavy (non-hydrogen) atoms. The van der Waals surface area contributed by atoms with Gasteiger partial charge in [-0.2, -0.15) is 0 Å². The van der Waals surface area contributed by atoms with Crippen LogP contribution in [0.4, 0.5) is 10.5 Å². The van der Waals surface area contributed by atoms with Crippen LogP contribution in [0.15, 0.2) is 18.2 Å². The molecule has 0 radical (unpaired) electrons. The van der Waals surface area contributed by atoms with E-state index in [4.69, 9.17) is 5.73 Å². The number of nitrogens with zero attached hydrogens (tertiary/aromatic N) is 1. The van der Waals surface area contributed by atoms with Gasteiger partial charge in [0.1, 0.15) is 0 Å². The topological polar surface area (TPSA) is 66.6 Å². The Balaban J connectivity index is 2.56. The lowest BCUT2D eigenvalue weighted by Crippen LogP contribution is -2.40. The molecule has 0 saturated carbocycles. The maximum atomic E-state index is 11.5. The van der Waals surface area contributed by atoms with E-state index in [1.165, 1.54) is 5.56 Å². The Morgan fingerprint density at radius 3 is 2.68 bits per heavy atom. The van der Waals surface area contributed by atoms with E-state index in [1.807, 2.05) is 18.2 Å². The Morgan fingerprint density at radius 2 is 2.11 bits per heavy atom. The molecule has 104 valence electrons. The summed E-state index contributed by atoms with van der Waals surface area (Å²) in [5.41, 5.74) is 8.73. The number of hydrogen-bond acceptors (Lipinski definition) is 2. The van der Waals surface area contributed by atoms with Crippen molar-refractivity contribution in [1.29, 1.82) is 0 Å². The highest BCUT2D eigenvalue weighted by atomic mass is 16.4. The van der Waals surface area contributed by atoms with Crippen molar-refractivity contribution >= 4 is 11.8 Å². The zero-order chi connectivity index (χ0) is 14.2. The Kier molecular flexibility index (Phi) is 3.43. The summed E-state index contributed by atoms with van der Waals surface area (Å²) in [6.45, 7) is 6.82. The van der Waals surface area contributed by atoms with Crippen LogP contribution in [0.25, 0.3) is 0 Å². The summed E-state index contributed by atoms with van der Waals surface area (Å²) in [5.74, 6) is 0. The number of benzene rings is 1. The minimum Gasteiger partial charge on any atom is -0.465 e. The molecule has 3 N–H and O–H groups in total. The highest BCUT2D eigenvalue weighted by Gasteiger charge is 2.37. The zero-order valence-electron chi connectivity index (χ0n) is 11.8. The standard InChI is InChI=1S/C15H22N2O2/c1-15(2,3)13-12-7-6-11(16)9-10(12)5-4-8-17(13)14(18)19/h6-7,9,13H,4-5,8,16H2,1-3H3,(H,18,19). The number of fused-ring (bicyclic) bond motifs is 1. The van der Waals surface area contributed by atoms with E-state index < -0.39 is 6.09 Å². The normalized spacial score (nSPS) is 19.7. The third-order valence-corrected chi connectivity index (χ3v) is 3.68. The molecular formula is C15H22N2O2. The molecule has 1 aromatic carbocycles. The van der Waals surface area contributed by atoms with E-state index in [2.05, 4.69) is 20.8 Å². The summed E-state index contributed by atoms with van der Waals surface area (Å²) in [6.07, 6.45) is 0.885. The number of carboxylic acid groups (broad SMARTS) is 1. The first-order valence-corrected chi connectivity index (χ1v) is 6.68. The molecule has 1 aliphatic rings. The van der Waals surface area contributed by atoms with Crippen LogP contribution in [0.1, 0.15) is 44.4 Å². The number of nitrogens with two attached hydrogens (primary N) is 1. The Bertz CT molecular complexity index is 491. The molecule has 1 heterocycles. The first-order valence-electron chi connectivity index (χ1n) is 6.68. The van der Waals surface area contributed by atoms with Crippen LogP contribution in [0.5, 0.6) is 0 Å². The van der Waals surface area contributed by atoms with E-state index in [0.29, 0.717) is 6.54 Å². The van der Waals surface area contributed by atoms with E-state index in [9.17, 15) is 9.90 Å². The molecule has 0 aliphatic carbocycles. The van der Waals surface area contributed by atoms with Crippen molar-refractivity contribution in [2.45, 2.75) is 39.7 Å². The average molecular weight is 262 g/mol. The van der Waals surface area contributed by atoms with Crippen LogP contribution < -0.4 is 5.73 Å². The lowest BCUT2D eigenvalue weighted by molar-refractivity contribution is 0.0837. The van der Waals surface area contributed by atoms with Crippen molar-refractivity contribution in [1.82, 2.24) is 4.90 Å². The third kappa shape index (κ3) is 2.67. The fourth-order valence-electron chi connectivity index (χ4n) is 2.99. The van der Waals surface area contributed by atoms with Crippen LogP contribution >= 0.6 is 0 Å². The second-order valence-corrected chi connectivity index (χ2v) is 6.31. The van der Waals surface area contributed by atoms with Gasteiger partial charge in [0.25, 0.3) is 0 Å². The van der Waals surface area contributed by atoms with Gasteiger partial charge in [-0.05, 0) is 41.5 Å². The smallest absolute Gasteiger partial charge is 0.407 e. The number of hydrogen-bond donors (Lipinski definition) is 2. The lowest BCUT2D eigenvalue weighted by Gasteiger charge is -2.38. The number of rotatable bonds is 0. The Morgan fingerprint density at radius 1 is 1.42 bits per heavy atom. The molecule has 1 amide bonds. The molecule has 0 fully saturated rings. The van der Waals surface area contributed by atoms with Gasteiger partial charge >= 0.3 is 6.09 Å². The minimum atomic E-state index is -0.843. The zero-order valence-corrected chi connectivity index (χ0v) is 11.8. The molecule has 1 aromatic rings. The minimum absolute atomic E-state index is 0.122. The quantitative estimate of drug-likeness (QED) is 0.705. The van der Waals surface area contributed by atoms with Crippen LogP contribution in [0.3, 0.4) is 0 Å². The third-order valence-electron chi connectivity index (χ3n) is 3.68. The predicted molar refractivity (Wildman–Crippen MR) is 76.1 cm³/mol. The molecule has 0 aromatic heterocycles. The van der Waals surface area contributed by atoms with Crippen molar-refractivity contribution in [3.63, 3.8) is 0 Å². The number of carbonyl (C=O) groups is 1. The second kappa shape index (κ2) is 4.76. The number of aryl methyl sites for hydroxylation is 1. The molecule has 1 aliphatic heterocycles. The van der Waals surface area contributed by atoms with Crippen molar-refractivity contribution in [2.24, 2.45) is 5.41 Å². The van der Waals surface area contributed by atoms with Gasteiger partial charge in [-0.3, -0.25) is 0 Å². The molecule has 2 rings (SSSR count). The van der Waals surface area contributed by atoms with Crippen LogP contribution in [-0.4, -0.2) is 22.6 Å². The fourth-order valence-corrected chi connectivity index (χ4v) is 2.99. The second-order valence-electron chi connectivity index (χ2n) is 6.31. The van der Waals surface area contributed by atoms with Gasteiger partial charge in [-0.1, -0.05) is 26.8 Å². The summed E-state index contributed by atoms with van der Waals surface area (Å²) < 4.78 is 0. The van der Waals surface area contributed by atoms with Gasteiger partial charge in [0, 0.05) is 12.2 Å². The van der Waals surface area contributed by atoms with Gasteiger partial charge in [0.05, 0.1) is 6.04 Å². The van der Waals surface area contributed by atoms with Gasteiger partial charge in [0.2, 0.25) is 0 Å². The van der Waals surface area contributed by atoms with Crippen molar-refractivity contribution in [3.05, 3.63) is 29.3 Å². The molecule has 0 saturated heterocycles. The van der Waals surface area contributed by atoms with E-state index in [1.54, 1.807) is 4.90 Å². The molecular weight excluding hydrogens is 240 g/mol. The monoisotopic (exact) mass is 262 g/mol. The van der Waals surface area contributed by atoms with Crippen molar-refractivity contribution < 1.29 is 9.90 Å². The van der Waals surface area contributed by atoms with E-state index in [0.717, 1.165) is 24.1 Å². The fraction of sp³-hybridized carbons (Fsp3) is 0.533. The van der Waals surface area contributed by atoms with Crippen LogP contribution in [0, 0.1) is 5.41 Å².